The van der Waals surface area contributed by atoms with Gasteiger partial charge in [-0.15, -0.1) is 0 Å². The molecule has 8 heteroatoms. The fourth-order valence-corrected chi connectivity index (χ4v) is 3.93. The molecule has 0 aliphatic rings. The third-order valence-electron chi connectivity index (χ3n) is 4.43. The minimum atomic E-state index is -4.11. The van der Waals surface area contributed by atoms with Crippen molar-refractivity contribution < 1.29 is 22.0 Å². The van der Waals surface area contributed by atoms with Crippen LogP contribution in [0.4, 0.5) is 20.2 Å². The largest absolute Gasteiger partial charge is 0.322 e. The van der Waals surface area contributed by atoms with Crippen molar-refractivity contribution >= 4 is 27.3 Å². The summed E-state index contributed by atoms with van der Waals surface area (Å²) in [6.07, 6.45) is 0. The number of para-hydroxylation sites is 1. The van der Waals surface area contributed by atoms with Crippen LogP contribution in [0.25, 0.3) is 0 Å². The molecule has 0 aliphatic heterocycles. The zero-order valence-corrected chi connectivity index (χ0v) is 17.1. The highest BCUT2D eigenvalue weighted by Gasteiger charge is 2.17. The van der Waals surface area contributed by atoms with E-state index in [0.29, 0.717) is 17.3 Å². The highest BCUT2D eigenvalue weighted by molar-refractivity contribution is 7.92. The fourth-order valence-electron chi connectivity index (χ4n) is 2.86. The number of halogens is 2. The van der Waals surface area contributed by atoms with E-state index in [1.54, 1.807) is 0 Å². The lowest BCUT2D eigenvalue weighted by molar-refractivity contribution is 0.102. The van der Waals surface area contributed by atoms with Crippen molar-refractivity contribution in [3.63, 3.8) is 0 Å². The fraction of sp³-hybridized carbons (Fsp3) is 0.136. The zero-order valence-electron chi connectivity index (χ0n) is 16.3. The predicted octanol–water partition coefficient (Wildman–Crippen LogP) is 5.14. The Hall–Kier alpha value is -3.26. The Bertz CT molecular complexity index is 1180. The molecule has 156 valence electrons. The second kappa shape index (κ2) is 8.62. The number of carbonyl (C=O) groups is 1. The van der Waals surface area contributed by atoms with Gasteiger partial charge in [0.1, 0.15) is 0 Å². The van der Waals surface area contributed by atoms with E-state index in [4.69, 9.17) is 0 Å². The van der Waals surface area contributed by atoms with Crippen LogP contribution in [0.5, 0.6) is 0 Å². The predicted molar refractivity (Wildman–Crippen MR) is 112 cm³/mol. The Morgan fingerprint density at radius 1 is 0.900 bits per heavy atom. The van der Waals surface area contributed by atoms with Crippen molar-refractivity contribution in [3.8, 4) is 0 Å². The summed E-state index contributed by atoms with van der Waals surface area (Å²) in [5, 5.41) is 2.86. The lowest BCUT2D eigenvalue weighted by atomic mass is 10.0. The Morgan fingerprint density at radius 3 is 2.20 bits per heavy atom. The molecule has 0 saturated carbocycles. The number of benzene rings is 3. The van der Waals surface area contributed by atoms with Crippen LogP contribution in [0.2, 0.25) is 0 Å². The highest BCUT2D eigenvalue weighted by Crippen LogP contribution is 2.24. The van der Waals surface area contributed by atoms with Gasteiger partial charge in [-0.3, -0.25) is 9.52 Å². The van der Waals surface area contributed by atoms with Gasteiger partial charge in [-0.05, 0) is 60.0 Å². The van der Waals surface area contributed by atoms with E-state index in [1.165, 1.54) is 24.3 Å². The number of hydrogen-bond donors (Lipinski definition) is 2. The van der Waals surface area contributed by atoms with E-state index in [-0.39, 0.29) is 17.5 Å². The van der Waals surface area contributed by atoms with Gasteiger partial charge >= 0.3 is 0 Å². The first-order valence-electron chi connectivity index (χ1n) is 9.15. The first-order chi connectivity index (χ1) is 14.2. The molecular formula is C22H20F2N2O3S. The maximum absolute atomic E-state index is 13.3. The number of hydrogen-bond acceptors (Lipinski definition) is 3. The third-order valence-corrected chi connectivity index (χ3v) is 5.81. The monoisotopic (exact) mass is 430 g/mol. The van der Waals surface area contributed by atoms with E-state index in [1.807, 2.05) is 38.1 Å². The van der Waals surface area contributed by atoms with Crippen molar-refractivity contribution in [3.05, 3.63) is 89.5 Å². The van der Waals surface area contributed by atoms with E-state index in [9.17, 15) is 22.0 Å². The van der Waals surface area contributed by atoms with E-state index < -0.39 is 26.6 Å². The first-order valence-corrected chi connectivity index (χ1v) is 10.6. The second-order valence-corrected chi connectivity index (χ2v) is 8.64. The topological polar surface area (TPSA) is 75.3 Å². The Kier molecular flexibility index (Phi) is 6.17. The van der Waals surface area contributed by atoms with Crippen LogP contribution in [0.3, 0.4) is 0 Å². The van der Waals surface area contributed by atoms with Crippen LogP contribution in [0.1, 0.15) is 35.7 Å². The van der Waals surface area contributed by atoms with E-state index in [0.717, 1.165) is 17.7 Å². The quantitative estimate of drug-likeness (QED) is 0.569. The molecule has 0 unspecified atom stereocenters. The molecule has 3 rings (SSSR count). The van der Waals surface area contributed by atoms with Gasteiger partial charge in [-0.1, -0.05) is 32.0 Å². The smallest absolute Gasteiger partial charge is 0.261 e. The summed E-state index contributed by atoms with van der Waals surface area (Å²) in [4.78, 5) is 12.1. The molecule has 5 nitrogen and oxygen atoms in total. The number of nitrogens with one attached hydrogen (secondary N) is 2. The Morgan fingerprint density at radius 2 is 1.57 bits per heavy atom. The number of amides is 1. The minimum Gasteiger partial charge on any atom is -0.322 e. The number of rotatable bonds is 6. The summed E-state index contributed by atoms with van der Waals surface area (Å²) in [6, 6.07) is 15.6. The average molecular weight is 430 g/mol. The molecule has 0 bridgehead atoms. The van der Waals surface area contributed by atoms with Crippen LogP contribution in [-0.2, 0) is 10.0 Å². The highest BCUT2D eigenvalue weighted by atomic mass is 32.2. The van der Waals surface area contributed by atoms with Crippen LogP contribution in [0.15, 0.2) is 71.6 Å². The second-order valence-electron chi connectivity index (χ2n) is 6.95. The molecule has 0 saturated heterocycles. The summed E-state index contributed by atoms with van der Waals surface area (Å²) < 4.78 is 53.3. The van der Waals surface area contributed by atoms with Crippen LogP contribution in [0, 0.1) is 11.6 Å². The average Bonchev–Trinajstić information content (AvgIpc) is 2.70. The normalized spacial score (nSPS) is 11.4. The third kappa shape index (κ3) is 4.83. The zero-order chi connectivity index (χ0) is 21.9. The molecule has 30 heavy (non-hydrogen) atoms. The van der Waals surface area contributed by atoms with Crippen LogP contribution in [-0.4, -0.2) is 14.3 Å². The first kappa shape index (κ1) is 21.4. The van der Waals surface area contributed by atoms with Crippen LogP contribution >= 0.6 is 0 Å². The lowest BCUT2D eigenvalue weighted by Crippen LogP contribution is -2.15. The summed E-state index contributed by atoms with van der Waals surface area (Å²) in [6.45, 7) is 4.05. The molecule has 0 spiro atoms. The molecule has 2 N–H and O–H groups in total. The summed E-state index contributed by atoms with van der Waals surface area (Å²) in [7, 11) is -4.11. The van der Waals surface area contributed by atoms with Crippen LogP contribution < -0.4 is 10.0 Å². The molecule has 0 atom stereocenters. The van der Waals surface area contributed by atoms with Gasteiger partial charge in [0.2, 0.25) is 0 Å². The van der Waals surface area contributed by atoms with Gasteiger partial charge in [-0.2, -0.15) is 0 Å². The van der Waals surface area contributed by atoms with Crippen molar-refractivity contribution in [1.29, 1.82) is 0 Å². The SMILES string of the molecule is CC(C)c1ccccc1NC(=O)c1ccc(NS(=O)(=O)c2ccc(F)c(F)c2)cc1. The minimum absolute atomic E-state index is 0.180. The molecule has 1 amide bonds. The van der Waals surface area contributed by atoms with Gasteiger partial charge in [0, 0.05) is 16.9 Å². The number of carbonyl (C=O) groups excluding carboxylic acids is 1. The molecule has 3 aromatic rings. The molecule has 0 radical (unpaired) electrons. The van der Waals surface area contributed by atoms with Crippen molar-refractivity contribution in [2.24, 2.45) is 0 Å². The summed E-state index contributed by atoms with van der Waals surface area (Å²) >= 11 is 0. The van der Waals surface area contributed by atoms with Gasteiger partial charge in [-0.25, -0.2) is 17.2 Å². The summed E-state index contributed by atoms with van der Waals surface area (Å²) in [5.74, 6) is -2.50. The Labute approximate surface area is 173 Å². The maximum atomic E-state index is 13.3. The molecular weight excluding hydrogens is 410 g/mol. The standard InChI is InChI=1S/C22H20F2N2O3S/c1-14(2)18-5-3-4-6-21(18)25-22(27)15-7-9-16(10-8-15)26-30(28,29)17-11-12-19(23)20(24)13-17/h3-14,26H,1-2H3,(H,25,27). The molecule has 0 fully saturated rings. The molecule has 0 heterocycles. The van der Waals surface area contributed by atoms with Gasteiger partial charge in [0.25, 0.3) is 15.9 Å². The number of anilines is 2. The maximum Gasteiger partial charge on any atom is 0.261 e. The molecule has 0 aliphatic carbocycles. The van der Waals surface area contributed by atoms with Crippen molar-refractivity contribution in [1.82, 2.24) is 0 Å². The van der Waals surface area contributed by atoms with Gasteiger partial charge < -0.3 is 5.32 Å². The summed E-state index contributed by atoms with van der Waals surface area (Å²) in [5.41, 5.74) is 2.23. The molecule has 0 aromatic heterocycles. The van der Waals surface area contributed by atoms with E-state index >= 15 is 0 Å². The van der Waals surface area contributed by atoms with Gasteiger partial charge in [0.05, 0.1) is 4.90 Å². The Balaban J connectivity index is 1.75. The van der Waals surface area contributed by atoms with E-state index in [2.05, 4.69) is 10.0 Å². The molecule has 3 aromatic carbocycles. The van der Waals surface area contributed by atoms with Crippen molar-refractivity contribution in [2.75, 3.05) is 10.0 Å². The lowest BCUT2D eigenvalue weighted by Gasteiger charge is -2.14. The van der Waals surface area contributed by atoms with Crippen molar-refractivity contribution in [2.45, 2.75) is 24.7 Å². The van der Waals surface area contributed by atoms with Gasteiger partial charge in [0.15, 0.2) is 11.6 Å². The number of sulfonamides is 1.